The Hall–Kier alpha value is -1.24. The number of rotatable bonds is 6. The standard InChI is InChI=1S/C14H19N5O2S2.HI/c1-2-16-14(18-9-11-5-3-4-8-17-11)19-10-12-6-7-13(22-12)23(15,20)21;/h3-8H,2,9-10H2,1H3,(H2,15,20,21)(H2,16,18,19);1H. The number of sulfonamides is 1. The predicted molar refractivity (Wildman–Crippen MR) is 107 cm³/mol. The van der Waals surface area contributed by atoms with Crippen LogP contribution in [-0.2, 0) is 23.1 Å². The van der Waals surface area contributed by atoms with E-state index in [1.807, 2.05) is 25.1 Å². The van der Waals surface area contributed by atoms with E-state index >= 15 is 0 Å². The molecule has 0 saturated heterocycles. The minimum Gasteiger partial charge on any atom is -0.357 e. The molecule has 0 unspecified atom stereocenters. The third-order valence-electron chi connectivity index (χ3n) is 2.82. The van der Waals surface area contributed by atoms with Crippen molar-refractivity contribution in [1.29, 1.82) is 0 Å². The summed E-state index contributed by atoms with van der Waals surface area (Å²) in [7, 11) is -3.64. The van der Waals surface area contributed by atoms with Crippen LogP contribution in [0.1, 0.15) is 17.5 Å². The summed E-state index contributed by atoms with van der Waals surface area (Å²) in [6, 6.07) is 8.93. The molecule has 0 radical (unpaired) electrons. The lowest BCUT2D eigenvalue weighted by Gasteiger charge is -2.10. The maximum atomic E-state index is 11.3. The normalized spacial score (nSPS) is 11.7. The highest BCUT2D eigenvalue weighted by molar-refractivity contribution is 14.0. The Labute approximate surface area is 162 Å². The summed E-state index contributed by atoms with van der Waals surface area (Å²) in [5.41, 5.74) is 0.873. The van der Waals surface area contributed by atoms with Gasteiger partial charge in [0, 0.05) is 17.6 Å². The van der Waals surface area contributed by atoms with Gasteiger partial charge in [-0.15, -0.1) is 35.3 Å². The summed E-state index contributed by atoms with van der Waals surface area (Å²) in [4.78, 5) is 9.53. The molecule has 2 aromatic rings. The first kappa shape index (κ1) is 20.8. The van der Waals surface area contributed by atoms with Gasteiger partial charge in [-0.3, -0.25) is 4.98 Å². The molecule has 0 spiro atoms. The van der Waals surface area contributed by atoms with Gasteiger partial charge in [0.25, 0.3) is 0 Å². The van der Waals surface area contributed by atoms with Crippen molar-refractivity contribution in [3.63, 3.8) is 0 Å². The third-order valence-corrected chi connectivity index (χ3v) is 5.34. The number of nitrogens with one attached hydrogen (secondary N) is 2. The monoisotopic (exact) mass is 481 g/mol. The van der Waals surface area contributed by atoms with E-state index in [4.69, 9.17) is 5.14 Å². The maximum Gasteiger partial charge on any atom is 0.247 e. The number of nitrogens with two attached hydrogens (primary N) is 1. The lowest BCUT2D eigenvalue weighted by molar-refractivity contribution is 0.600. The first-order valence-corrected chi connectivity index (χ1v) is 9.39. The fourth-order valence-electron chi connectivity index (χ4n) is 1.77. The molecule has 0 bridgehead atoms. The number of nitrogens with zero attached hydrogens (tertiary/aromatic N) is 2. The van der Waals surface area contributed by atoms with Gasteiger partial charge in [0.2, 0.25) is 10.0 Å². The van der Waals surface area contributed by atoms with Crippen molar-refractivity contribution in [2.45, 2.75) is 24.2 Å². The Bertz CT molecular complexity index is 762. The summed E-state index contributed by atoms with van der Waals surface area (Å²) >= 11 is 1.14. The van der Waals surface area contributed by atoms with E-state index in [0.29, 0.717) is 19.0 Å². The molecule has 0 atom stereocenters. The first-order chi connectivity index (χ1) is 11.0. The smallest absolute Gasteiger partial charge is 0.247 e. The van der Waals surface area contributed by atoms with Crippen LogP contribution in [0.5, 0.6) is 0 Å². The number of pyridine rings is 1. The van der Waals surface area contributed by atoms with Crippen molar-refractivity contribution < 1.29 is 8.42 Å². The highest BCUT2D eigenvalue weighted by Gasteiger charge is 2.11. The first-order valence-electron chi connectivity index (χ1n) is 7.02. The molecule has 0 saturated carbocycles. The lowest BCUT2D eigenvalue weighted by atomic mass is 10.3. The number of hydrogen-bond donors (Lipinski definition) is 3. The van der Waals surface area contributed by atoms with Gasteiger partial charge in [0.05, 0.1) is 18.8 Å². The molecule has 24 heavy (non-hydrogen) atoms. The van der Waals surface area contributed by atoms with Crippen LogP contribution in [0.3, 0.4) is 0 Å². The molecule has 132 valence electrons. The van der Waals surface area contributed by atoms with Crippen LogP contribution < -0.4 is 15.8 Å². The largest absolute Gasteiger partial charge is 0.357 e. The number of aromatic nitrogens is 1. The SMILES string of the molecule is CCNC(=NCc1ccccn1)NCc1ccc(S(N)(=O)=O)s1.I. The second-order valence-corrected chi connectivity index (χ2v) is 7.59. The number of guanidine groups is 1. The van der Waals surface area contributed by atoms with E-state index in [-0.39, 0.29) is 28.2 Å². The fourth-order valence-corrected chi connectivity index (χ4v) is 3.49. The van der Waals surface area contributed by atoms with E-state index in [2.05, 4.69) is 20.6 Å². The average molecular weight is 481 g/mol. The van der Waals surface area contributed by atoms with Gasteiger partial charge in [-0.2, -0.15) is 0 Å². The summed E-state index contributed by atoms with van der Waals surface area (Å²) in [6.45, 7) is 3.63. The fraction of sp³-hybridized carbons (Fsp3) is 0.286. The van der Waals surface area contributed by atoms with Crippen molar-refractivity contribution in [1.82, 2.24) is 15.6 Å². The minimum absolute atomic E-state index is 0. The van der Waals surface area contributed by atoms with Crippen molar-refractivity contribution in [3.8, 4) is 0 Å². The van der Waals surface area contributed by atoms with Crippen molar-refractivity contribution in [3.05, 3.63) is 47.1 Å². The van der Waals surface area contributed by atoms with Gasteiger partial charge in [-0.05, 0) is 31.2 Å². The van der Waals surface area contributed by atoms with Crippen LogP contribution in [0.15, 0.2) is 45.7 Å². The van der Waals surface area contributed by atoms with Crippen molar-refractivity contribution >= 4 is 51.3 Å². The van der Waals surface area contributed by atoms with E-state index in [0.717, 1.165) is 28.5 Å². The van der Waals surface area contributed by atoms with E-state index < -0.39 is 10.0 Å². The van der Waals surface area contributed by atoms with Crippen molar-refractivity contribution in [2.24, 2.45) is 10.1 Å². The van der Waals surface area contributed by atoms with Gasteiger partial charge in [-0.1, -0.05) is 6.07 Å². The molecule has 7 nitrogen and oxygen atoms in total. The number of hydrogen-bond acceptors (Lipinski definition) is 5. The van der Waals surface area contributed by atoms with Crippen LogP contribution in [0.25, 0.3) is 0 Å². The second-order valence-electron chi connectivity index (χ2n) is 4.64. The molecule has 0 aliphatic rings. The summed E-state index contributed by atoms with van der Waals surface area (Å²) in [5.74, 6) is 0.642. The minimum atomic E-state index is -3.64. The predicted octanol–water partition coefficient (Wildman–Crippen LogP) is 1.66. The van der Waals surface area contributed by atoms with E-state index in [1.54, 1.807) is 12.3 Å². The maximum absolute atomic E-state index is 11.3. The van der Waals surface area contributed by atoms with Gasteiger partial charge >= 0.3 is 0 Å². The molecule has 0 aliphatic heterocycles. The van der Waals surface area contributed by atoms with Crippen LogP contribution in [-0.4, -0.2) is 25.9 Å². The summed E-state index contributed by atoms with van der Waals surface area (Å²) < 4.78 is 22.7. The quantitative estimate of drug-likeness (QED) is 0.331. The highest BCUT2D eigenvalue weighted by Crippen LogP contribution is 2.19. The zero-order chi connectivity index (χ0) is 16.7. The molecule has 0 fully saturated rings. The zero-order valence-corrected chi connectivity index (χ0v) is 17.1. The molecule has 0 amide bonds. The number of aliphatic imine (C=N–C) groups is 1. The van der Waals surface area contributed by atoms with E-state index in [1.165, 1.54) is 6.07 Å². The molecule has 2 rings (SSSR count). The molecule has 10 heteroatoms. The average Bonchev–Trinajstić information content (AvgIpc) is 3.00. The third kappa shape index (κ3) is 6.71. The van der Waals surface area contributed by atoms with Gasteiger partial charge in [0.15, 0.2) is 5.96 Å². The highest BCUT2D eigenvalue weighted by atomic mass is 127. The molecule has 2 aromatic heterocycles. The van der Waals surface area contributed by atoms with Crippen LogP contribution in [0, 0.1) is 0 Å². The van der Waals surface area contributed by atoms with Gasteiger partial charge in [-0.25, -0.2) is 18.5 Å². The molecule has 0 aliphatic carbocycles. The Balaban J connectivity index is 0.00000288. The van der Waals surface area contributed by atoms with Crippen LogP contribution in [0.4, 0.5) is 0 Å². The molecular weight excluding hydrogens is 461 g/mol. The van der Waals surface area contributed by atoms with Crippen molar-refractivity contribution in [2.75, 3.05) is 6.54 Å². The number of thiophene rings is 1. The molecule has 4 N–H and O–H groups in total. The Morgan fingerprint density at radius 1 is 1.29 bits per heavy atom. The van der Waals surface area contributed by atoms with E-state index in [9.17, 15) is 8.42 Å². The van der Waals surface area contributed by atoms with Gasteiger partial charge in [0.1, 0.15) is 4.21 Å². The molecule has 2 heterocycles. The Morgan fingerprint density at radius 2 is 2.08 bits per heavy atom. The van der Waals surface area contributed by atoms with Crippen LogP contribution in [0.2, 0.25) is 0 Å². The van der Waals surface area contributed by atoms with Gasteiger partial charge < -0.3 is 10.6 Å². The molecule has 0 aromatic carbocycles. The second kappa shape index (κ2) is 9.91. The topological polar surface area (TPSA) is 109 Å². The van der Waals surface area contributed by atoms with Crippen LogP contribution >= 0.6 is 35.3 Å². The zero-order valence-electron chi connectivity index (χ0n) is 13.1. The molecular formula is C14H20IN5O2S2. The number of halogens is 1. The summed E-state index contributed by atoms with van der Waals surface area (Å²) in [5, 5.41) is 11.4. The lowest BCUT2D eigenvalue weighted by Crippen LogP contribution is -2.36. The Kier molecular flexibility index (Phi) is 8.59. The number of primary sulfonamides is 1. The Morgan fingerprint density at radius 3 is 2.67 bits per heavy atom. The summed E-state index contributed by atoms with van der Waals surface area (Å²) in [6.07, 6.45) is 1.73.